The molecule has 1 fully saturated rings. The number of likely N-dealkylation sites (N-methyl/N-ethyl adjacent to an activating group) is 1. The van der Waals surface area contributed by atoms with E-state index in [1.54, 1.807) is 51.4 Å². The van der Waals surface area contributed by atoms with Crippen LogP contribution >= 0.6 is 11.8 Å². The minimum atomic E-state index is -0.375. The van der Waals surface area contributed by atoms with Gasteiger partial charge in [-0.2, -0.15) is 0 Å². The summed E-state index contributed by atoms with van der Waals surface area (Å²) in [5.74, 6) is 0.750. The number of methoxy groups -OCH3 is 1. The van der Waals surface area contributed by atoms with E-state index in [9.17, 15) is 9.59 Å². The summed E-state index contributed by atoms with van der Waals surface area (Å²) in [6.07, 6.45) is 1.80. The van der Waals surface area contributed by atoms with E-state index in [4.69, 9.17) is 14.2 Å². The summed E-state index contributed by atoms with van der Waals surface area (Å²) in [5, 5.41) is 0.554. The number of esters is 1. The van der Waals surface area contributed by atoms with Crippen molar-refractivity contribution in [3.63, 3.8) is 0 Å². The van der Waals surface area contributed by atoms with Crippen LogP contribution < -0.4 is 9.47 Å². The Kier molecular flexibility index (Phi) is 7.36. The third-order valence-corrected chi connectivity index (χ3v) is 5.45. The molecule has 31 heavy (non-hydrogen) atoms. The van der Waals surface area contributed by atoms with Gasteiger partial charge in [0.1, 0.15) is 0 Å². The molecule has 0 aliphatic carbocycles. The molecule has 1 saturated heterocycles. The lowest BCUT2D eigenvalue weighted by molar-refractivity contribution is -0.121. The maximum Gasteiger partial charge on any atom is 0.338 e. The summed E-state index contributed by atoms with van der Waals surface area (Å²) in [4.78, 5) is 31.1. The highest BCUT2D eigenvalue weighted by Crippen LogP contribution is 2.35. The van der Waals surface area contributed by atoms with Crippen molar-refractivity contribution in [1.82, 2.24) is 4.90 Å². The standard InChI is InChI=1S/C23H24N2O5S/c1-5-29-19-13-15(7-12-18(19)28-4)14-20-21(26)25(3)23(31-20)24-17-10-8-16(9-11-17)22(27)30-6-2/h7-14H,5-6H2,1-4H3/b20-14-,24-23?. The first kappa shape index (κ1) is 22.4. The van der Waals surface area contributed by atoms with Crippen molar-refractivity contribution in [2.45, 2.75) is 13.8 Å². The van der Waals surface area contributed by atoms with Crippen LogP contribution in [0.1, 0.15) is 29.8 Å². The predicted octanol–water partition coefficient (Wildman–Crippen LogP) is 4.50. The number of nitrogens with zero attached hydrogens (tertiary/aromatic N) is 2. The molecule has 2 aromatic carbocycles. The second-order valence-electron chi connectivity index (χ2n) is 6.48. The van der Waals surface area contributed by atoms with Crippen molar-refractivity contribution in [3.8, 4) is 11.5 Å². The molecule has 7 nitrogen and oxygen atoms in total. The van der Waals surface area contributed by atoms with E-state index in [1.165, 1.54) is 16.7 Å². The number of thioether (sulfide) groups is 1. The normalized spacial score (nSPS) is 16.1. The first-order valence-electron chi connectivity index (χ1n) is 9.81. The topological polar surface area (TPSA) is 77.4 Å². The van der Waals surface area contributed by atoms with Crippen molar-refractivity contribution in [3.05, 3.63) is 58.5 Å². The van der Waals surface area contributed by atoms with Gasteiger partial charge in [0, 0.05) is 7.05 Å². The fraction of sp³-hybridized carbons (Fsp3) is 0.261. The highest BCUT2D eigenvalue weighted by molar-refractivity contribution is 8.18. The molecule has 0 radical (unpaired) electrons. The van der Waals surface area contributed by atoms with Crippen molar-refractivity contribution >= 4 is 40.6 Å². The van der Waals surface area contributed by atoms with Crippen molar-refractivity contribution < 1.29 is 23.8 Å². The van der Waals surface area contributed by atoms with Crippen molar-refractivity contribution in [2.24, 2.45) is 4.99 Å². The number of rotatable bonds is 7. The first-order chi connectivity index (χ1) is 15.0. The molecular weight excluding hydrogens is 416 g/mol. The van der Waals surface area contributed by atoms with Gasteiger partial charge < -0.3 is 14.2 Å². The summed E-state index contributed by atoms with van der Waals surface area (Å²) in [6.45, 7) is 4.50. The van der Waals surface area contributed by atoms with E-state index >= 15 is 0 Å². The Labute approximate surface area is 185 Å². The van der Waals surface area contributed by atoms with Gasteiger partial charge in [0.25, 0.3) is 5.91 Å². The number of benzene rings is 2. The zero-order valence-corrected chi connectivity index (χ0v) is 18.7. The number of carbonyl (C=O) groups is 2. The molecular formula is C23H24N2O5S. The molecule has 8 heteroatoms. The maximum absolute atomic E-state index is 12.7. The van der Waals surface area contributed by atoms with Gasteiger partial charge in [-0.05, 0) is 73.6 Å². The van der Waals surface area contributed by atoms with Crippen LogP contribution in [-0.2, 0) is 9.53 Å². The second kappa shape index (κ2) is 10.2. The lowest BCUT2D eigenvalue weighted by Gasteiger charge is -2.09. The number of amidine groups is 1. The van der Waals surface area contributed by atoms with Gasteiger partial charge in [0.05, 0.1) is 36.5 Å². The lowest BCUT2D eigenvalue weighted by Crippen LogP contribution is -2.23. The largest absolute Gasteiger partial charge is 0.493 e. The maximum atomic E-state index is 12.7. The molecule has 3 rings (SSSR count). The molecule has 0 saturated carbocycles. The van der Waals surface area contributed by atoms with Crippen LogP contribution in [0.5, 0.6) is 11.5 Å². The zero-order chi connectivity index (χ0) is 22.4. The van der Waals surface area contributed by atoms with Gasteiger partial charge >= 0.3 is 5.97 Å². The Morgan fingerprint density at radius 3 is 2.48 bits per heavy atom. The van der Waals surface area contributed by atoms with Gasteiger partial charge in [-0.3, -0.25) is 9.69 Å². The minimum Gasteiger partial charge on any atom is -0.493 e. The summed E-state index contributed by atoms with van der Waals surface area (Å²) >= 11 is 1.29. The van der Waals surface area contributed by atoms with Crippen LogP contribution in [0.15, 0.2) is 52.4 Å². The third kappa shape index (κ3) is 5.27. The van der Waals surface area contributed by atoms with Gasteiger partial charge in [-0.1, -0.05) is 6.07 Å². The van der Waals surface area contributed by atoms with Crippen LogP contribution in [0, 0.1) is 0 Å². The molecule has 0 bridgehead atoms. The number of amides is 1. The van der Waals surface area contributed by atoms with Crippen LogP contribution in [0.3, 0.4) is 0 Å². The Morgan fingerprint density at radius 1 is 1.10 bits per heavy atom. The van der Waals surface area contributed by atoms with E-state index in [1.807, 2.05) is 25.1 Å². The fourth-order valence-corrected chi connectivity index (χ4v) is 3.84. The van der Waals surface area contributed by atoms with Crippen molar-refractivity contribution in [1.29, 1.82) is 0 Å². The minimum absolute atomic E-state index is 0.138. The number of aliphatic imine (C=N–C) groups is 1. The molecule has 2 aromatic rings. The highest BCUT2D eigenvalue weighted by Gasteiger charge is 2.30. The van der Waals surface area contributed by atoms with E-state index in [-0.39, 0.29) is 11.9 Å². The van der Waals surface area contributed by atoms with E-state index in [2.05, 4.69) is 4.99 Å². The van der Waals surface area contributed by atoms with E-state index < -0.39 is 0 Å². The average Bonchev–Trinajstić information content (AvgIpc) is 3.02. The molecule has 1 aliphatic heterocycles. The van der Waals surface area contributed by atoms with Crippen LogP contribution in [-0.4, -0.2) is 49.3 Å². The summed E-state index contributed by atoms with van der Waals surface area (Å²) in [5.41, 5.74) is 1.92. The van der Waals surface area contributed by atoms with E-state index in [0.717, 1.165) is 5.56 Å². The van der Waals surface area contributed by atoms with Gasteiger partial charge in [0.15, 0.2) is 16.7 Å². The smallest absolute Gasteiger partial charge is 0.338 e. The Hall–Kier alpha value is -3.26. The van der Waals surface area contributed by atoms with E-state index in [0.29, 0.717) is 46.0 Å². The molecule has 1 heterocycles. The van der Waals surface area contributed by atoms with Gasteiger partial charge in [-0.25, -0.2) is 9.79 Å². The Morgan fingerprint density at radius 2 is 1.84 bits per heavy atom. The molecule has 0 spiro atoms. The lowest BCUT2D eigenvalue weighted by atomic mass is 10.2. The monoisotopic (exact) mass is 440 g/mol. The Balaban J connectivity index is 1.82. The molecule has 0 N–H and O–H groups in total. The molecule has 162 valence electrons. The fourth-order valence-electron chi connectivity index (χ4n) is 2.85. The van der Waals surface area contributed by atoms with Gasteiger partial charge in [-0.15, -0.1) is 0 Å². The second-order valence-corrected chi connectivity index (χ2v) is 7.49. The molecule has 1 amide bonds. The highest BCUT2D eigenvalue weighted by atomic mass is 32.2. The summed E-state index contributed by atoms with van der Waals surface area (Å²) in [7, 11) is 3.27. The first-order valence-corrected chi connectivity index (χ1v) is 10.6. The number of ether oxygens (including phenoxy) is 3. The SMILES string of the molecule is CCOC(=O)c1ccc(N=C2S/C(=C\c3ccc(OC)c(OCC)c3)C(=O)N2C)cc1. The van der Waals surface area contributed by atoms with Crippen molar-refractivity contribution in [2.75, 3.05) is 27.4 Å². The number of hydrogen-bond acceptors (Lipinski definition) is 7. The zero-order valence-electron chi connectivity index (χ0n) is 17.9. The quantitative estimate of drug-likeness (QED) is 0.466. The number of carbonyl (C=O) groups excluding carboxylic acids is 2. The molecule has 0 unspecified atom stereocenters. The summed E-state index contributed by atoms with van der Waals surface area (Å²) in [6, 6.07) is 12.3. The summed E-state index contributed by atoms with van der Waals surface area (Å²) < 4.78 is 15.9. The molecule has 0 aromatic heterocycles. The van der Waals surface area contributed by atoms with Gasteiger partial charge in [0.2, 0.25) is 0 Å². The molecule has 0 atom stereocenters. The van der Waals surface area contributed by atoms with Crippen LogP contribution in [0.25, 0.3) is 6.08 Å². The van der Waals surface area contributed by atoms with Crippen LogP contribution in [0.4, 0.5) is 5.69 Å². The predicted molar refractivity (Wildman–Crippen MR) is 122 cm³/mol. The number of hydrogen-bond donors (Lipinski definition) is 0. The van der Waals surface area contributed by atoms with Crippen LogP contribution in [0.2, 0.25) is 0 Å². The molecule has 1 aliphatic rings. The third-order valence-electron chi connectivity index (χ3n) is 4.39. The Bertz CT molecular complexity index is 1030. The average molecular weight is 441 g/mol.